The van der Waals surface area contributed by atoms with Gasteiger partial charge in [-0.15, -0.1) is 0 Å². The van der Waals surface area contributed by atoms with Gasteiger partial charge < -0.3 is 0 Å². The van der Waals surface area contributed by atoms with Crippen LogP contribution in [0.5, 0.6) is 0 Å². The molecule has 0 aliphatic carbocycles. The molecule has 2 heteroatoms. The van der Waals surface area contributed by atoms with Gasteiger partial charge in [0.1, 0.15) is 0 Å². The first-order valence-electron chi connectivity index (χ1n) is 3.75. The molecule has 2 rings (SSSR count). The Balaban J connectivity index is 1.96. The maximum absolute atomic E-state index is 2.52. The molecule has 0 aromatic rings. The smallest absolute Gasteiger partial charge is 0.0509 e. The van der Waals surface area contributed by atoms with E-state index in [9.17, 15) is 0 Å². The molecule has 0 aromatic carbocycles. The largest absolute Gasteiger partial charge is 0.290 e. The number of fused-ring (bicyclic) bond motifs is 2. The molecule has 1 radical (unpaired) electrons. The molecule has 51 valence electrons. The van der Waals surface area contributed by atoms with Crippen LogP contribution in [0.15, 0.2) is 0 Å². The number of rotatable bonds is 0. The van der Waals surface area contributed by atoms with Crippen LogP contribution in [-0.4, -0.2) is 36.1 Å². The van der Waals surface area contributed by atoms with E-state index in [0.717, 1.165) is 0 Å². The Morgan fingerprint density at radius 1 is 1.11 bits per heavy atom. The predicted octanol–water partition coefficient (Wildman–Crippen LogP) is 0.517. The third-order valence-corrected chi connectivity index (χ3v) is 2.13. The van der Waals surface area contributed by atoms with E-state index < -0.39 is 0 Å². The molecule has 2 fully saturated rings. The van der Waals surface area contributed by atoms with Crippen LogP contribution < -0.4 is 0 Å². The van der Waals surface area contributed by atoms with E-state index in [4.69, 9.17) is 0 Å². The van der Waals surface area contributed by atoms with Crippen LogP contribution in [0.25, 0.3) is 0 Å². The second kappa shape index (κ2) is 2.27. The van der Waals surface area contributed by atoms with Crippen LogP contribution >= 0.6 is 0 Å². The van der Waals surface area contributed by atoms with Gasteiger partial charge in [0.2, 0.25) is 0 Å². The van der Waals surface area contributed by atoms with Gasteiger partial charge in [-0.1, -0.05) is 0 Å². The zero-order chi connectivity index (χ0) is 6.10. The first kappa shape index (κ1) is 5.69. The summed E-state index contributed by atoms with van der Waals surface area (Å²) in [5.74, 6) is 0. The normalized spacial score (nSPS) is 42.7. The van der Waals surface area contributed by atoms with E-state index in [-0.39, 0.29) is 0 Å². The monoisotopic (exact) mass is 125 g/mol. The highest BCUT2D eigenvalue weighted by atomic mass is 15.3. The van der Waals surface area contributed by atoms with Crippen molar-refractivity contribution in [1.82, 2.24) is 9.80 Å². The Hall–Kier alpha value is -0.0800. The fourth-order valence-electron chi connectivity index (χ4n) is 1.65. The highest BCUT2D eigenvalue weighted by molar-refractivity contribution is 4.80. The van der Waals surface area contributed by atoms with Gasteiger partial charge in [0.05, 0.1) is 6.67 Å². The molecule has 0 saturated carbocycles. The third kappa shape index (κ3) is 1.10. The summed E-state index contributed by atoms with van der Waals surface area (Å²) < 4.78 is 0. The van der Waals surface area contributed by atoms with Crippen LogP contribution in [0.1, 0.15) is 12.8 Å². The predicted molar refractivity (Wildman–Crippen MR) is 36.7 cm³/mol. The summed E-state index contributed by atoms with van der Waals surface area (Å²) >= 11 is 0. The maximum atomic E-state index is 2.52. The van der Waals surface area contributed by atoms with Crippen LogP contribution in [0.4, 0.5) is 0 Å². The Labute approximate surface area is 56.4 Å². The van der Waals surface area contributed by atoms with Gasteiger partial charge >= 0.3 is 0 Å². The second-order valence-electron chi connectivity index (χ2n) is 2.90. The molecule has 9 heavy (non-hydrogen) atoms. The molecule has 2 nitrogen and oxygen atoms in total. The summed E-state index contributed by atoms with van der Waals surface area (Å²) in [6, 6.07) is 0. The molecular weight excluding hydrogens is 112 g/mol. The lowest BCUT2D eigenvalue weighted by Gasteiger charge is -2.39. The van der Waals surface area contributed by atoms with Crippen molar-refractivity contribution in [3.63, 3.8) is 0 Å². The van der Waals surface area contributed by atoms with Crippen LogP contribution in [0, 0.1) is 6.54 Å². The first-order valence-corrected chi connectivity index (χ1v) is 3.75. The van der Waals surface area contributed by atoms with Gasteiger partial charge in [-0.05, 0) is 12.8 Å². The molecule has 2 aliphatic rings. The number of nitrogens with zero attached hydrogens (tertiary/aromatic N) is 2. The summed E-state index contributed by atoms with van der Waals surface area (Å²) in [7, 11) is 0. The van der Waals surface area contributed by atoms with E-state index in [0.29, 0.717) is 0 Å². The molecule has 0 amide bonds. The van der Waals surface area contributed by atoms with Gasteiger partial charge in [-0.2, -0.15) is 0 Å². The van der Waals surface area contributed by atoms with Gasteiger partial charge in [0, 0.05) is 26.2 Å². The van der Waals surface area contributed by atoms with Crippen molar-refractivity contribution in [2.24, 2.45) is 0 Å². The summed E-state index contributed by atoms with van der Waals surface area (Å²) in [4.78, 5) is 4.94. The molecule has 2 bridgehead atoms. The van der Waals surface area contributed by atoms with Crippen molar-refractivity contribution < 1.29 is 0 Å². The Morgan fingerprint density at radius 3 is 2.89 bits per heavy atom. The summed E-state index contributed by atoms with van der Waals surface area (Å²) in [6.45, 7) is 7.44. The van der Waals surface area contributed by atoms with Crippen molar-refractivity contribution in [2.75, 3.05) is 26.3 Å². The SMILES string of the molecule is [CH]1CCN2CCCN1C2. The lowest BCUT2D eigenvalue weighted by molar-refractivity contribution is 0.0738. The topological polar surface area (TPSA) is 6.48 Å². The molecule has 2 saturated heterocycles. The van der Waals surface area contributed by atoms with Crippen molar-refractivity contribution in [3.05, 3.63) is 6.54 Å². The Morgan fingerprint density at radius 2 is 2.11 bits per heavy atom. The van der Waals surface area contributed by atoms with Gasteiger partial charge in [0.15, 0.2) is 0 Å². The van der Waals surface area contributed by atoms with Gasteiger partial charge in [0.25, 0.3) is 0 Å². The maximum Gasteiger partial charge on any atom is 0.0509 e. The molecule has 0 aromatic heterocycles. The van der Waals surface area contributed by atoms with Crippen molar-refractivity contribution in [2.45, 2.75) is 12.8 Å². The highest BCUT2D eigenvalue weighted by Gasteiger charge is 2.20. The molecule has 2 unspecified atom stereocenters. The van der Waals surface area contributed by atoms with E-state index in [1.165, 1.54) is 39.1 Å². The molecule has 2 aliphatic heterocycles. The van der Waals surface area contributed by atoms with Gasteiger partial charge in [-0.3, -0.25) is 9.80 Å². The third-order valence-electron chi connectivity index (χ3n) is 2.13. The summed E-state index contributed by atoms with van der Waals surface area (Å²) in [6.07, 6.45) is 2.62. The standard InChI is InChI=1S/C7H13N2/c1-3-8-5-2-6-9(4-1)7-8/h3H,1-2,4-7H2. The second-order valence-corrected chi connectivity index (χ2v) is 2.90. The number of hydrogen-bond donors (Lipinski definition) is 0. The van der Waals surface area contributed by atoms with Crippen molar-refractivity contribution >= 4 is 0 Å². The zero-order valence-corrected chi connectivity index (χ0v) is 5.71. The zero-order valence-electron chi connectivity index (χ0n) is 5.71. The fraction of sp³-hybridized carbons (Fsp3) is 0.857. The average Bonchev–Trinajstić information content (AvgIpc) is 1.88. The molecular formula is C7H13N2. The fourth-order valence-corrected chi connectivity index (χ4v) is 1.65. The molecule has 0 N–H and O–H groups in total. The molecule has 2 heterocycles. The quantitative estimate of drug-likeness (QED) is 0.465. The van der Waals surface area contributed by atoms with E-state index in [1.54, 1.807) is 0 Å². The van der Waals surface area contributed by atoms with E-state index >= 15 is 0 Å². The Kier molecular flexibility index (Phi) is 1.44. The lowest BCUT2D eigenvalue weighted by Crippen LogP contribution is -2.47. The lowest BCUT2D eigenvalue weighted by atomic mass is 10.2. The van der Waals surface area contributed by atoms with Crippen LogP contribution in [0.3, 0.4) is 0 Å². The highest BCUT2D eigenvalue weighted by Crippen LogP contribution is 2.14. The number of hydrogen-bond acceptors (Lipinski definition) is 2. The minimum absolute atomic E-state index is 1.19. The average molecular weight is 125 g/mol. The van der Waals surface area contributed by atoms with Crippen molar-refractivity contribution in [1.29, 1.82) is 0 Å². The van der Waals surface area contributed by atoms with Crippen LogP contribution in [-0.2, 0) is 0 Å². The Bertz CT molecular complexity index is 83.1. The minimum Gasteiger partial charge on any atom is -0.290 e. The van der Waals surface area contributed by atoms with Gasteiger partial charge in [-0.25, -0.2) is 0 Å². The molecule has 0 spiro atoms. The summed E-state index contributed by atoms with van der Waals surface area (Å²) in [5, 5.41) is 0. The van der Waals surface area contributed by atoms with Crippen LogP contribution in [0.2, 0.25) is 0 Å². The first-order chi connectivity index (χ1) is 4.45. The summed E-state index contributed by atoms with van der Waals surface area (Å²) in [5.41, 5.74) is 0. The van der Waals surface area contributed by atoms with E-state index in [2.05, 4.69) is 16.3 Å². The minimum atomic E-state index is 1.19. The van der Waals surface area contributed by atoms with E-state index in [1.807, 2.05) is 0 Å². The van der Waals surface area contributed by atoms with Crippen molar-refractivity contribution in [3.8, 4) is 0 Å². The molecule has 2 atom stereocenters.